The van der Waals surface area contributed by atoms with Gasteiger partial charge in [0.2, 0.25) is 0 Å². The van der Waals surface area contributed by atoms with Gasteiger partial charge in [0.25, 0.3) is 0 Å². The number of benzene rings is 2. The number of aliphatic hydroxyl groups is 1. The van der Waals surface area contributed by atoms with E-state index in [2.05, 4.69) is 24.0 Å². The Kier molecular flexibility index (Phi) is 7.78. The molecule has 0 unspecified atom stereocenters. The predicted octanol–water partition coefficient (Wildman–Crippen LogP) is 5.97. The first-order chi connectivity index (χ1) is 16.1. The number of thiophene rings is 1. The molecule has 0 radical (unpaired) electrons. The van der Waals surface area contributed by atoms with Crippen LogP contribution in [0.5, 0.6) is 0 Å². The molecule has 1 N–H and O–H groups in total. The van der Waals surface area contributed by atoms with Gasteiger partial charge in [-0.15, -0.1) is 11.3 Å². The molecule has 4 nitrogen and oxygen atoms in total. The maximum Gasteiger partial charge on any atom is 0.173 e. The fourth-order valence-electron chi connectivity index (χ4n) is 4.12. The molecule has 0 saturated heterocycles. The molecule has 172 valence electrons. The van der Waals surface area contributed by atoms with Crippen LogP contribution >= 0.6 is 11.3 Å². The summed E-state index contributed by atoms with van der Waals surface area (Å²) in [5.41, 5.74) is 0.207. The van der Waals surface area contributed by atoms with E-state index in [-0.39, 0.29) is 0 Å². The molecule has 0 aliphatic rings. The van der Waals surface area contributed by atoms with Crippen LogP contribution in [0.2, 0.25) is 0 Å². The second-order valence-corrected chi connectivity index (χ2v) is 9.65. The molecule has 0 aliphatic carbocycles. The maximum absolute atomic E-state index is 12.0. The minimum atomic E-state index is -1.35. The monoisotopic (exact) mass is 461 g/mol. The Balaban J connectivity index is 1.60. The average molecular weight is 462 g/mol. The standard InChI is InChI=1S/C28H31NO3S/c1-22-14-16-26(33-22)21-29(18-9-19-31-2)20-25-15-17-27(32-25)28(30,23-10-5-3-6-11-23)24-12-7-4-8-13-24/h3-8,10-17,30H,9,18-21H2,1-2H3. The van der Waals surface area contributed by atoms with Crippen molar-refractivity contribution in [3.05, 3.63) is 117 Å². The van der Waals surface area contributed by atoms with E-state index in [0.717, 1.165) is 43.0 Å². The number of furan rings is 1. The first-order valence-electron chi connectivity index (χ1n) is 11.3. The zero-order valence-corrected chi connectivity index (χ0v) is 20.1. The van der Waals surface area contributed by atoms with Crippen LogP contribution in [0.4, 0.5) is 0 Å². The van der Waals surface area contributed by atoms with Crippen molar-refractivity contribution in [2.24, 2.45) is 0 Å². The van der Waals surface area contributed by atoms with Crippen LogP contribution in [-0.2, 0) is 23.4 Å². The van der Waals surface area contributed by atoms with Crippen LogP contribution in [0.1, 0.15) is 38.8 Å². The zero-order chi connectivity index (χ0) is 23.1. The third kappa shape index (κ3) is 5.63. The third-order valence-corrected chi connectivity index (χ3v) is 6.76. The van der Waals surface area contributed by atoms with E-state index < -0.39 is 5.60 Å². The molecule has 4 rings (SSSR count). The molecule has 5 heteroatoms. The number of nitrogens with zero attached hydrogens (tertiary/aromatic N) is 1. The van der Waals surface area contributed by atoms with Crippen molar-refractivity contribution in [3.8, 4) is 0 Å². The number of rotatable bonds is 11. The van der Waals surface area contributed by atoms with Crippen molar-refractivity contribution >= 4 is 11.3 Å². The number of hydrogen-bond donors (Lipinski definition) is 1. The summed E-state index contributed by atoms with van der Waals surface area (Å²) < 4.78 is 11.6. The highest BCUT2D eigenvalue weighted by atomic mass is 32.1. The Bertz CT molecular complexity index is 1080. The number of hydrogen-bond acceptors (Lipinski definition) is 5. The summed E-state index contributed by atoms with van der Waals surface area (Å²) in [6, 6.07) is 27.6. The first-order valence-corrected chi connectivity index (χ1v) is 12.1. The summed E-state index contributed by atoms with van der Waals surface area (Å²) in [6.45, 7) is 5.30. The smallest absolute Gasteiger partial charge is 0.173 e. The van der Waals surface area contributed by atoms with Crippen LogP contribution in [0.15, 0.2) is 89.3 Å². The van der Waals surface area contributed by atoms with Crippen molar-refractivity contribution in [3.63, 3.8) is 0 Å². The van der Waals surface area contributed by atoms with E-state index in [9.17, 15) is 5.11 Å². The van der Waals surface area contributed by atoms with Gasteiger partial charge in [-0.05, 0) is 48.7 Å². The molecule has 0 amide bonds. The molecule has 2 aromatic heterocycles. The van der Waals surface area contributed by atoms with Gasteiger partial charge in [-0.25, -0.2) is 0 Å². The van der Waals surface area contributed by atoms with Gasteiger partial charge in [0, 0.05) is 36.6 Å². The van der Waals surface area contributed by atoms with E-state index in [0.29, 0.717) is 12.3 Å². The zero-order valence-electron chi connectivity index (χ0n) is 19.2. The number of aryl methyl sites for hydroxylation is 1. The molecule has 2 heterocycles. The minimum Gasteiger partial charge on any atom is -0.461 e. The lowest BCUT2D eigenvalue weighted by molar-refractivity contribution is 0.0948. The molecular formula is C28H31NO3S. The molecule has 0 fully saturated rings. The summed E-state index contributed by atoms with van der Waals surface area (Å²) in [7, 11) is 1.74. The van der Waals surface area contributed by atoms with E-state index >= 15 is 0 Å². The quantitative estimate of drug-likeness (QED) is 0.279. The van der Waals surface area contributed by atoms with Crippen molar-refractivity contribution < 1.29 is 14.3 Å². The van der Waals surface area contributed by atoms with Gasteiger partial charge in [-0.3, -0.25) is 4.90 Å². The van der Waals surface area contributed by atoms with Gasteiger partial charge in [0.05, 0.1) is 6.54 Å². The predicted molar refractivity (Wildman–Crippen MR) is 133 cm³/mol. The van der Waals surface area contributed by atoms with Gasteiger partial charge in [0.15, 0.2) is 5.60 Å². The van der Waals surface area contributed by atoms with Crippen molar-refractivity contribution in [2.45, 2.75) is 32.0 Å². The molecular weight excluding hydrogens is 430 g/mol. The van der Waals surface area contributed by atoms with Crippen LogP contribution in [0.3, 0.4) is 0 Å². The fraction of sp³-hybridized carbons (Fsp3) is 0.286. The third-order valence-electron chi connectivity index (χ3n) is 5.78. The van der Waals surface area contributed by atoms with E-state index in [4.69, 9.17) is 9.15 Å². The average Bonchev–Trinajstić information content (AvgIpc) is 3.49. The SMILES string of the molecule is COCCCN(Cc1ccc(C(O)(c2ccccc2)c2ccccc2)o1)Cc1ccc(C)s1. The summed E-state index contributed by atoms with van der Waals surface area (Å²) in [6.07, 6.45) is 0.951. The first kappa shape index (κ1) is 23.5. The van der Waals surface area contributed by atoms with Crippen LogP contribution < -0.4 is 0 Å². The molecule has 4 aromatic rings. The van der Waals surface area contributed by atoms with Crippen LogP contribution in [-0.4, -0.2) is 30.3 Å². The summed E-state index contributed by atoms with van der Waals surface area (Å²) in [5.74, 6) is 1.36. The molecule has 0 aliphatic heterocycles. The fourth-order valence-corrected chi connectivity index (χ4v) is 5.06. The van der Waals surface area contributed by atoms with Gasteiger partial charge >= 0.3 is 0 Å². The lowest BCUT2D eigenvalue weighted by Gasteiger charge is -2.27. The summed E-state index contributed by atoms with van der Waals surface area (Å²) in [4.78, 5) is 5.02. The summed E-state index contributed by atoms with van der Waals surface area (Å²) >= 11 is 1.83. The highest BCUT2D eigenvalue weighted by molar-refractivity contribution is 7.11. The molecule has 0 bridgehead atoms. The topological polar surface area (TPSA) is 45.8 Å². The molecule has 0 spiro atoms. The van der Waals surface area contributed by atoms with Crippen LogP contribution in [0, 0.1) is 6.92 Å². The van der Waals surface area contributed by atoms with Gasteiger partial charge < -0.3 is 14.3 Å². The molecule has 0 atom stereocenters. The Morgan fingerprint density at radius 2 is 1.55 bits per heavy atom. The lowest BCUT2D eigenvalue weighted by atomic mass is 9.84. The van der Waals surface area contributed by atoms with Crippen molar-refractivity contribution in [1.29, 1.82) is 0 Å². The van der Waals surface area contributed by atoms with E-state index in [1.54, 1.807) is 7.11 Å². The van der Waals surface area contributed by atoms with E-state index in [1.165, 1.54) is 9.75 Å². The molecule has 0 saturated carbocycles. The summed E-state index contributed by atoms with van der Waals surface area (Å²) in [5, 5.41) is 12.0. The number of ether oxygens (including phenoxy) is 1. The van der Waals surface area contributed by atoms with Crippen LogP contribution in [0.25, 0.3) is 0 Å². The lowest BCUT2D eigenvalue weighted by Crippen LogP contribution is -2.28. The Morgan fingerprint density at radius 3 is 2.12 bits per heavy atom. The maximum atomic E-state index is 12.0. The molecule has 2 aromatic carbocycles. The van der Waals surface area contributed by atoms with Gasteiger partial charge in [-0.1, -0.05) is 60.7 Å². The van der Waals surface area contributed by atoms with Crippen molar-refractivity contribution in [1.82, 2.24) is 4.90 Å². The largest absolute Gasteiger partial charge is 0.461 e. The van der Waals surface area contributed by atoms with E-state index in [1.807, 2.05) is 84.1 Å². The van der Waals surface area contributed by atoms with Gasteiger partial charge in [-0.2, -0.15) is 0 Å². The van der Waals surface area contributed by atoms with Crippen molar-refractivity contribution in [2.75, 3.05) is 20.3 Å². The minimum absolute atomic E-state index is 0.527. The second kappa shape index (κ2) is 10.9. The Labute approximate surface area is 200 Å². The van der Waals surface area contributed by atoms with Gasteiger partial charge in [0.1, 0.15) is 11.5 Å². The Morgan fingerprint density at radius 1 is 0.879 bits per heavy atom. The second-order valence-electron chi connectivity index (χ2n) is 8.28. The normalized spacial score (nSPS) is 11.9. The highest BCUT2D eigenvalue weighted by Crippen LogP contribution is 2.37. The Hall–Kier alpha value is -2.70. The number of methoxy groups -OCH3 is 1. The highest BCUT2D eigenvalue weighted by Gasteiger charge is 2.37. The molecule has 33 heavy (non-hydrogen) atoms.